The van der Waals surface area contributed by atoms with Crippen LogP contribution in [0.4, 0.5) is 11.4 Å². The largest absolute Gasteiger partial charge is 0.326 e. The first-order valence-electron chi connectivity index (χ1n) is 6.74. The van der Waals surface area contributed by atoms with Crippen molar-refractivity contribution < 1.29 is 4.92 Å². The van der Waals surface area contributed by atoms with Gasteiger partial charge in [-0.1, -0.05) is 12.1 Å². The second-order valence-corrected chi connectivity index (χ2v) is 5.21. The summed E-state index contributed by atoms with van der Waals surface area (Å²) in [5.74, 6) is 0. The first-order valence-corrected chi connectivity index (χ1v) is 7.14. The predicted octanol–water partition coefficient (Wildman–Crippen LogP) is 2.27. The van der Waals surface area contributed by atoms with Crippen LogP contribution in [0.1, 0.15) is 17.0 Å². The summed E-state index contributed by atoms with van der Waals surface area (Å²) < 4.78 is 1.76. The molecule has 0 radical (unpaired) electrons. The molecular formula is C14H16N6O2S. The Hall–Kier alpha value is -2.81. The van der Waals surface area contributed by atoms with Crippen LogP contribution in [0, 0.1) is 24.0 Å². The fourth-order valence-corrected chi connectivity index (χ4v) is 2.18. The van der Waals surface area contributed by atoms with E-state index in [0.717, 1.165) is 17.0 Å². The van der Waals surface area contributed by atoms with Crippen molar-refractivity contribution in [2.24, 2.45) is 12.1 Å². The third-order valence-electron chi connectivity index (χ3n) is 3.27. The zero-order valence-corrected chi connectivity index (χ0v) is 13.7. The van der Waals surface area contributed by atoms with E-state index in [1.54, 1.807) is 29.1 Å². The zero-order chi connectivity index (χ0) is 17.0. The maximum atomic E-state index is 10.9. The van der Waals surface area contributed by atoms with E-state index in [1.807, 2.05) is 20.9 Å². The average Bonchev–Trinajstić information content (AvgIpc) is 2.73. The molecule has 0 aliphatic rings. The number of thiocarbonyl (C=S) groups is 1. The Morgan fingerprint density at radius 3 is 2.74 bits per heavy atom. The van der Waals surface area contributed by atoms with Gasteiger partial charge in [0.25, 0.3) is 5.69 Å². The molecule has 23 heavy (non-hydrogen) atoms. The minimum Gasteiger partial charge on any atom is -0.326 e. The van der Waals surface area contributed by atoms with Crippen molar-refractivity contribution in [3.63, 3.8) is 0 Å². The summed E-state index contributed by atoms with van der Waals surface area (Å²) in [7, 11) is 1.85. The van der Waals surface area contributed by atoms with Gasteiger partial charge in [0.1, 0.15) is 5.69 Å². The smallest absolute Gasteiger partial charge is 0.292 e. The summed E-state index contributed by atoms with van der Waals surface area (Å²) in [5.41, 5.74) is 5.62. The lowest BCUT2D eigenvalue weighted by Gasteiger charge is -2.07. The highest BCUT2D eigenvalue weighted by Gasteiger charge is 2.13. The van der Waals surface area contributed by atoms with Gasteiger partial charge in [-0.25, -0.2) is 0 Å². The minimum absolute atomic E-state index is 0.0559. The Morgan fingerprint density at radius 1 is 1.43 bits per heavy atom. The van der Waals surface area contributed by atoms with E-state index in [2.05, 4.69) is 20.9 Å². The van der Waals surface area contributed by atoms with Gasteiger partial charge in [-0.05, 0) is 32.1 Å². The number of aromatic nitrogens is 2. The molecule has 0 bridgehead atoms. The SMILES string of the molecule is Cc1nn(C)c(C)c1/C=N\NC(=S)Nc1ccccc1[N+](=O)[O-]. The van der Waals surface area contributed by atoms with Gasteiger partial charge in [-0.2, -0.15) is 10.2 Å². The zero-order valence-electron chi connectivity index (χ0n) is 12.9. The fourth-order valence-electron chi connectivity index (χ4n) is 2.02. The van der Waals surface area contributed by atoms with Crippen molar-refractivity contribution >= 4 is 34.9 Å². The molecular weight excluding hydrogens is 316 g/mol. The van der Waals surface area contributed by atoms with E-state index < -0.39 is 4.92 Å². The van der Waals surface area contributed by atoms with Crippen LogP contribution in [0.5, 0.6) is 0 Å². The van der Waals surface area contributed by atoms with Crippen molar-refractivity contribution in [3.8, 4) is 0 Å². The number of para-hydroxylation sites is 2. The first-order chi connectivity index (χ1) is 10.9. The topological polar surface area (TPSA) is 97.4 Å². The molecule has 1 aromatic heterocycles. The van der Waals surface area contributed by atoms with Crippen LogP contribution in [0.15, 0.2) is 29.4 Å². The van der Waals surface area contributed by atoms with E-state index in [0.29, 0.717) is 5.69 Å². The van der Waals surface area contributed by atoms with Gasteiger partial charge in [0.15, 0.2) is 5.11 Å². The number of nitro groups is 1. The summed E-state index contributed by atoms with van der Waals surface area (Å²) in [6.07, 6.45) is 1.62. The number of anilines is 1. The predicted molar refractivity (Wildman–Crippen MR) is 92.7 cm³/mol. The summed E-state index contributed by atoms with van der Waals surface area (Å²) in [6.45, 7) is 3.82. The number of hydrogen-bond acceptors (Lipinski definition) is 5. The van der Waals surface area contributed by atoms with Gasteiger partial charge in [0, 0.05) is 24.4 Å². The summed E-state index contributed by atoms with van der Waals surface area (Å²) in [4.78, 5) is 10.5. The fraction of sp³-hybridized carbons (Fsp3) is 0.214. The molecule has 0 fully saturated rings. The van der Waals surface area contributed by atoms with Crippen LogP contribution in [-0.4, -0.2) is 26.0 Å². The average molecular weight is 332 g/mol. The normalized spacial score (nSPS) is 10.7. The number of rotatable bonds is 4. The van der Waals surface area contributed by atoms with Crippen LogP contribution < -0.4 is 10.7 Å². The molecule has 1 aromatic carbocycles. The quantitative estimate of drug-likeness (QED) is 0.386. The molecule has 2 aromatic rings. The Morgan fingerprint density at radius 2 is 2.13 bits per heavy atom. The van der Waals surface area contributed by atoms with Gasteiger partial charge >= 0.3 is 0 Å². The lowest BCUT2D eigenvalue weighted by atomic mass is 10.2. The molecule has 8 nitrogen and oxygen atoms in total. The first kappa shape index (κ1) is 16.6. The van der Waals surface area contributed by atoms with Gasteiger partial charge in [-0.15, -0.1) is 0 Å². The van der Waals surface area contributed by atoms with E-state index in [1.165, 1.54) is 6.07 Å². The van der Waals surface area contributed by atoms with Crippen LogP contribution >= 0.6 is 12.2 Å². The number of nitrogens with one attached hydrogen (secondary N) is 2. The van der Waals surface area contributed by atoms with E-state index in [-0.39, 0.29) is 10.8 Å². The molecule has 9 heteroatoms. The third kappa shape index (κ3) is 3.89. The number of hydrazone groups is 1. The van der Waals surface area contributed by atoms with Crippen LogP contribution in [0.3, 0.4) is 0 Å². The molecule has 120 valence electrons. The van der Waals surface area contributed by atoms with E-state index >= 15 is 0 Å². The second kappa shape index (κ2) is 6.97. The van der Waals surface area contributed by atoms with Crippen molar-refractivity contribution in [2.75, 3.05) is 5.32 Å². The molecule has 0 atom stereocenters. The van der Waals surface area contributed by atoms with Gasteiger partial charge in [-0.3, -0.25) is 20.2 Å². The molecule has 0 spiro atoms. The Labute approximate surface area is 138 Å². The van der Waals surface area contributed by atoms with Crippen molar-refractivity contribution in [2.45, 2.75) is 13.8 Å². The highest BCUT2D eigenvalue weighted by atomic mass is 32.1. The third-order valence-corrected chi connectivity index (χ3v) is 3.47. The van der Waals surface area contributed by atoms with E-state index in [9.17, 15) is 10.1 Å². The summed E-state index contributed by atoms with van der Waals surface area (Å²) >= 11 is 5.09. The number of aryl methyl sites for hydroxylation is 2. The lowest BCUT2D eigenvalue weighted by molar-refractivity contribution is -0.383. The van der Waals surface area contributed by atoms with E-state index in [4.69, 9.17) is 12.2 Å². The molecule has 0 saturated carbocycles. The number of benzene rings is 1. The van der Waals surface area contributed by atoms with Crippen molar-refractivity contribution in [3.05, 3.63) is 51.3 Å². The molecule has 0 aliphatic heterocycles. The number of nitro benzene ring substituents is 1. The maximum absolute atomic E-state index is 10.9. The number of nitrogens with zero attached hydrogens (tertiary/aromatic N) is 4. The van der Waals surface area contributed by atoms with Gasteiger partial charge in [0.05, 0.1) is 16.8 Å². The minimum atomic E-state index is -0.476. The Kier molecular flexibility index (Phi) is 5.02. The maximum Gasteiger partial charge on any atom is 0.292 e. The second-order valence-electron chi connectivity index (χ2n) is 4.81. The highest BCUT2D eigenvalue weighted by Crippen LogP contribution is 2.22. The van der Waals surface area contributed by atoms with Gasteiger partial charge < -0.3 is 5.32 Å². The Bertz CT molecular complexity index is 784. The molecule has 2 rings (SSSR count). The molecule has 0 unspecified atom stereocenters. The van der Waals surface area contributed by atoms with Crippen molar-refractivity contribution in [1.29, 1.82) is 0 Å². The molecule has 0 aliphatic carbocycles. The highest BCUT2D eigenvalue weighted by molar-refractivity contribution is 7.80. The van der Waals surface area contributed by atoms with Gasteiger partial charge in [0.2, 0.25) is 0 Å². The molecule has 0 amide bonds. The van der Waals surface area contributed by atoms with Crippen molar-refractivity contribution in [1.82, 2.24) is 15.2 Å². The summed E-state index contributed by atoms with van der Waals surface area (Å²) in [5, 5.41) is 22.2. The van der Waals surface area contributed by atoms with Crippen LogP contribution in [-0.2, 0) is 7.05 Å². The Balaban J connectivity index is 2.03. The summed E-state index contributed by atoms with van der Waals surface area (Å²) in [6, 6.07) is 6.25. The molecule has 1 heterocycles. The monoisotopic (exact) mass is 332 g/mol. The number of hydrogen-bond donors (Lipinski definition) is 2. The molecule has 0 saturated heterocycles. The van der Waals surface area contributed by atoms with Crippen LogP contribution in [0.25, 0.3) is 0 Å². The standard InChI is InChI=1S/C14H16N6O2S/c1-9-11(10(2)19(3)18-9)8-15-17-14(23)16-12-6-4-5-7-13(12)20(21)22/h4-8H,1-3H3,(H2,16,17,23)/b15-8-. The molecule has 2 N–H and O–H groups in total. The van der Waals surface area contributed by atoms with Crippen LogP contribution in [0.2, 0.25) is 0 Å². The lowest BCUT2D eigenvalue weighted by Crippen LogP contribution is -2.24.